The van der Waals surface area contributed by atoms with Gasteiger partial charge in [-0.05, 0) is 25.0 Å². The molecule has 0 radical (unpaired) electrons. The van der Waals surface area contributed by atoms with Crippen LogP contribution in [0.2, 0.25) is 0 Å². The number of hydrogen-bond donors (Lipinski definition) is 2. The average Bonchev–Trinajstić information content (AvgIpc) is 3.18. The maximum absolute atomic E-state index is 12.1. The molecule has 2 N–H and O–H groups in total. The lowest BCUT2D eigenvalue weighted by atomic mass is 10.2. The summed E-state index contributed by atoms with van der Waals surface area (Å²) in [5.41, 5.74) is 0.148. The first-order chi connectivity index (χ1) is 10.7. The first-order valence-corrected chi connectivity index (χ1v) is 7.44. The summed E-state index contributed by atoms with van der Waals surface area (Å²) in [7, 11) is 0. The van der Waals surface area contributed by atoms with Crippen molar-refractivity contribution < 1.29 is 13.9 Å². The van der Waals surface area contributed by atoms with E-state index < -0.39 is 0 Å². The lowest BCUT2D eigenvalue weighted by molar-refractivity contribution is 0.111. The van der Waals surface area contributed by atoms with Gasteiger partial charge in [0.15, 0.2) is 5.58 Å². The van der Waals surface area contributed by atoms with Crippen molar-refractivity contribution in [1.29, 1.82) is 0 Å². The summed E-state index contributed by atoms with van der Waals surface area (Å²) in [4.78, 5) is 23.8. The Morgan fingerprint density at radius 2 is 2.27 bits per heavy atom. The molecule has 3 heterocycles. The predicted molar refractivity (Wildman–Crippen MR) is 80.8 cm³/mol. The Morgan fingerprint density at radius 3 is 3.09 bits per heavy atom. The SMILES string of the molecule is O=C(NCCn1ccc2ccoc2c1=O)NC[C@@H]1CCCO1. The quantitative estimate of drug-likeness (QED) is 0.865. The Bertz CT molecular complexity index is 700. The van der Waals surface area contributed by atoms with Crippen LogP contribution in [0.25, 0.3) is 11.0 Å². The summed E-state index contributed by atoms with van der Waals surface area (Å²) < 4.78 is 12.1. The predicted octanol–water partition coefficient (Wildman–Crippen LogP) is 1.07. The standard InChI is InChI=1S/C15H19N3O4/c19-14-13-11(4-9-22-13)3-6-18(14)7-5-16-15(20)17-10-12-2-1-8-21-12/h3-4,6,9,12H,1-2,5,7-8,10H2,(H2,16,17,20)/t12-/m0/s1. The van der Waals surface area contributed by atoms with Crippen LogP contribution in [0.15, 0.2) is 33.8 Å². The topological polar surface area (TPSA) is 85.5 Å². The van der Waals surface area contributed by atoms with E-state index in [1.54, 1.807) is 12.3 Å². The molecule has 3 rings (SSSR count). The fraction of sp³-hybridized carbons (Fsp3) is 0.467. The van der Waals surface area contributed by atoms with Gasteiger partial charge in [-0.3, -0.25) is 4.79 Å². The molecule has 7 heteroatoms. The smallest absolute Gasteiger partial charge is 0.314 e. The molecule has 22 heavy (non-hydrogen) atoms. The van der Waals surface area contributed by atoms with Gasteiger partial charge in [0.05, 0.1) is 12.4 Å². The van der Waals surface area contributed by atoms with Crippen molar-refractivity contribution in [2.45, 2.75) is 25.5 Å². The zero-order valence-corrected chi connectivity index (χ0v) is 12.2. The molecule has 2 aromatic heterocycles. The molecule has 1 fully saturated rings. The highest BCUT2D eigenvalue weighted by molar-refractivity contribution is 5.75. The molecule has 0 aliphatic carbocycles. The van der Waals surface area contributed by atoms with E-state index in [1.165, 1.54) is 10.8 Å². The second-order valence-electron chi connectivity index (χ2n) is 5.29. The first kappa shape index (κ1) is 14.6. The van der Waals surface area contributed by atoms with Crippen LogP contribution in [0.1, 0.15) is 12.8 Å². The minimum absolute atomic E-state index is 0.120. The van der Waals surface area contributed by atoms with E-state index in [0.29, 0.717) is 25.2 Å². The molecular weight excluding hydrogens is 286 g/mol. The molecule has 118 valence electrons. The van der Waals surface area contributed by atoms with E-state index in [4.69, 9.17) is 9.15 Å². The number of carbonyl (C=O) groups is 1. The van der Waals surface area contributed by atoms with Crippen molar-refractivity contribution in [3.05, 3.63) is 34.9 Å². The highest BCUT2D eigenvalue weighted by atomic mass is 16.5. The third-order valence-corrected chi connectivity index (χ3v) is 3.74. The molecule has 0 spiro atoms. The van der Waals surface area contributed by atoms with E-state index >= 15 is 0 Å². The normalized spacial score (nSPS) is 17.7. The van der Waals surface area contributed by atoms with Crippen LogP contribution in [0.4, 0.5) is 4.79 Å². The van der Waals surface area contributed by atoms with Crippen LogP contribution in [-0.4, -0.2) is 36.4 Å². The second-order valence-corrected chi connectivity index (χ2v) is 5.29. The molecule has 7 nitrogen and oxygen atoms in total. The molecule has 2 aromatic rings. The lowest BCUT2D eigenvalue weighted by Gasteiger charge is -2.12. The maximum atomic E-state index is 12.1. The maximum Gasteiger partial charge on any atom is 0.314 e. The van der Waals surface area contributed by atoms with Gasteiger partial charge in [-0.15, -0.1) is 0 Å². The number of amides is 2. The van der Waals surface area contributed by atoms with Gasteiger partial charge in [-0.25, -0.2) is 4.79 Å². The molecule has 1 aliphatic rings. The fourth-order valence-electron chi connectivity index (χ4n) is 2.53. The number of nitrogens with zero attached hydrogens (tertiary/aromatic N) is 1. The van der Waals surface area contributed by atoms with E-state index in [1.807, 2.05) is 6.07 Å². The number of carbonyl (C=O) groups excluding carboxylic acids is 1. The lowest BCUT2D eigenvalue weighted by Crippen LogP contribution is -2.41. The summed E-state index contributed by atoms with van der Waals surface area (Å²) in [6.07, 6.45) is 5.35. The Kier molecular flexibility index (Phi) is 4.43. The first-order valence-electron chi connectivity index (χ1n) is 7.44. The minimum atomic E-state index is -0.248. The number of urea groups is 1. The van der Waals surface area contributed by atoms with E-state index in [2.05, 4.69) is 10.6 Å². The van der Waals surface area contributed by atoms with E-state index in [0.717, 1.165) is 24.8 Å². The Hall–Kier alpha value is -2.28. The van der Waals surface area contributed by atoms with Gasteiger partial charge in [0.1, 0.15) is 0 Å². The van der Waals surface area contributed by atoms with Crippen LogP contribution in [0.3, 0.4) is 0 Å². The molecule has 1 atom stereocenters. The molecule has 0 aromatic carbocycles. The van der Waals surface area contributed by atoms with Crippen molar-refractivity contribution in [3.63, 3.8) is 0 Å². The largest absolute Gasteiger partial charge is 0.459 e. The van der Waals surface area contributed by atoms with Crippen LogP contribution >= 0.6 is 0 Å². The summed E-state index contributed by atoms with van der Waals surface area (Å²) in [5, 5.41) is 6.28. The second kappa shape index (κ2) is 6.65. The molecule has 0 bridgehead atoms. The number of hydrogen-bond acceptors (Lipinski definition) is 4. The molecule has 1 saturated heterocycles. The van der Waals surface area contributed by atoms with Crippen molar-refractivity contribution in [1.82, 2.24) is 15.2 Å². The fourth-order valence-corrected chi connectivity index (χ4v) is 2.53. The minimum Gasteiger partial charge on any atom is -0.459 e. The monoisotopic (exact) mass is 305 g/mol. The van der Waals surface area contributed by atoms with E-state index in [-0.39, 0.29) is 17.7 Å². The van der Waals surface area contributed by atoms with Crippen molar-refractivity contribution in [3.8, 4) is 0 Å². The van der Waals surface area contributed by atoms with Crippen molar-refractivity contribution in [2.24, 2.45) is 0 Å². The highest BCUT2D eigenvalue weighted by Gasteiger charge is 2.15. The van der Waals surface area contributed by atoms with Gasteiger partial charge < -0.3 is 24.4 Å². The van der Waals surface area contributed by atoms with Crippen LogP contribution in [0, 0.1) is 0 Å². The summed E-state index contributed by atoms with van der Waals surface area (Å²) >= 11 is 0. The van der Waals surface area contributed by atoms with Gasteiger partial charge in [0.25, 0.3) is 5.56 Å². The van der Waals surface area contributed by atoms with E-state index in [9.17, 15) is 9.59 Å². The van der Waals surface area contributed by atoms with Crippen LogP contribution in [0.5, 0.6) is 0 Å². The third kappa shape index (κ3) is 3.30. The number of pyridine rings is 1. The number of nitrogens with one attached hydrogen (secondary N) is 2. The van der Waals surface area contributed by atoms with Gasteiger partial charge in [0, 0.05) is 37.8 Å². The van der Waals surface area contributed by atoms with Crippen LogP contribution in [-0.2, 0) is 11.3 Å². The summed E-state index contributed by atoms with van der Waals surface area (Å²) in [5.74, 6) is 0. The van der Waals surface area contributed by atoms with Crippen molar-refractivity contribution in [2.75, 3.05) is 19.7 Å². The Labute approximate surface area is 127 Å². The molecular formula is C15H19N3O4. The number of aromatic nitrogens is 1. The van der Waals surface area contributed by atoms with Gasteiger partial charge in [-0.1, -0.05) is 0 Å². The number of fused-ring (bicyclic) bond motifs is 1. The third-order valence-electron chi connectivity index (χ3n) is 3.74. The number of ether oxygens (including phenoxy) is 1. The van der Waals surface area contributed by atoms with Crippen LogP contribution < -0.4 is 16.2 Å². The Morgan fingerprint density at radius 1 is 1.36 bits per heavy atom. The number of rotatable bonds is 5. The summed E-state index contributed by atoms with van der Waals surface area (Å²) in [6, 6.07) is 3.32. The average molecular weight is 305 g/mol. The van der Waals surface area contributed by atoms with Gasteiger partial charge in [-0.2, -0.15) is 0 Å². The molecule has 2 amide bonds. The molecule has 1 aliphatic heterocycles. The van der Waals surface area contributed by atoms with Gasteiger partial charge in [0.2, 0.25) is 0 Å². The Balaban J connectivity index is 1.46. The van der Waals surface area contributed by atoms with Crippen molar-refractivity contribution >= 4 is 17.0 Å². The number of furan rings is 1. The zero-order chi connectivity index (χ0) is 15.4. The van der Waals surface area contributed by atoms with Gasteiger partial charge >= 0.3 is 6.03 Å². The summed E-state index contributed by atoms with van der Waals surface area (Å²) in [6.45, 7) is 2.04. The molecule has 0 unspecified atom stereocenters. The zero-order valence-electron chi connectivity index (χ0n) is 12.2. The molecule has 0 saturated carbocycles. The highest BCUT2D eigenvalue weighted by Crippen LogP contribution is 2.10.